The van der Waals surface area contributed by atoms with Crippen molar-refractivity contribution in [2.75, 3.05) is 0 Å². The highest BCUT2D eigenvalue weighted by molar-refractivity contribution is 7.99. The Kier molecular flexibility index (Phi) is 2.19. The van der Waals surface area contributed by atoms with Crippen LogP contribution in [0.3, 0.4) is 0 Å². The quantitative estimate of drug-likeness (QED) is 0.741. The molecule has 60 valence electrons. The van der Waals surface area contributed by atoms with E-state index in [2.05, 4.69) is 35.3 Å². The number of benzene rings is 1. The molecule has 0 fully saturated rings. The number of hydrogen-bond acceptors (Lipinski definition) is 1. The average molecular weight is 175 g/mol. The lowest BCUT2D eigenvalue weighted by Gasteiger charge is -1.95. The van der Waals surface area contributed by atoms with Gasteiger partial charge in [0.1, 0.15) is 0 Å². The lowest BCUT2D eigenvalue weighted by atomic mass is 10.4. The van der Waals surface area contributed by atoms with Gasteiger partial charge in [0, 0.05) is 22.2 Å². The summed E-state index contributed by atoms with van der Waals surface area (Å²) in [7, 11) is 0. The van der Waals surface area contributed by atoms with Crippen LogP contribution in [0.5, 0.6) is 0 Å². The van der Waals surface area contributed by atoms with Crippen molar-refractivity contribution in [2.45, 2.75) is 9.79 Å². The van der Waals surface area contributed by atoms with Gasteiger partial charge in [-0.3, -0.25) is 0 Å². The lowest BCUT2D eigenvalue weighted by molar-refractivity contribution is 1.37. The second-order valence-corrected chi connectivity index (χ2v) is 3.61. The minimum Gasteiger partial charge on any atom is -0.367 e. The summed E-state index contributed by atoms with van der Waals surface area (Å²) in [5.74, 6) is 0. The standard InChI is InChI=1S/C10H9NS/c1-2-4-9(5-3-1)12-10-6-7-11-8-10/h1-8,11H. The SMILES string of the molecule is c1ccc(Sc2cc[nH]c2)cc1. The van der Waals surface area contributed by atoms with Gasteiger partial charge >= 0.3 is 0 Å². The first-order chi connectivity index (χ1) is 5.95. The van der Waals surface area contributed by atoms with Crippen LogP contribution in [0.4, 0.5) is 0 Å². The lowest BCUT2D eigenvalue weighted by Crippen LogP contribution is -1.67. The molecule has 1 aromatic heterocycles. The Balaban J connectivity index is 2.15. The van der Waals surface area contributed by atoms with Gasteiger partial charge in [0.2, 0.25) is 0 Å². The molecular weight excluding hydrogens is 166 g/mol. The third-order valence-electron chi connectivity index (χ3n) is 1.55. The van der Waals surface area contributed by atoms with E-state index in [1.807, 2.05) is 18.5 Å². The Morgan fingerprint density at radius 3 is 2.42 bits per heavy atom. The molecule has 1 heterocycles. The number of hydrogen-bond donors (Lipinski definition) is 1. The molecule has 0 aliphatic rings. The summed E-state index contributed by atoms with van der Waals surface area (Å²) in [5, 5.41) is 0. The highest BCUT2D eigenvalue weighted by atomic mass is 32.2. The molecule has 2 aromatic rings. The van der Waals surface area contributed by atoms with Gasteiger partial charge in [-0.15, -0.1) is 0 Å². The molecule has 0 amide bonds. The molecule has 0 unspecified atom stereocenters. The van der Waals surface area contributed by atoms with Crippen LogP contribution in [-0.2, 0) is 0 Å². The molecule has 2 heteroatoms. The molecule has 0 spiro atoms. The van der Waals surface area contributed by atoms with Crippen molar-refractivity contribution in [3.05, 3.63) is 48.8 Å². The predicted octanol–water partition coefficient (Wildman–Crippen LogP) is 3.17. The highest BCUT2D eigenvalue weighted by Gasteiger charge is 1.94. The van der Waals surface area contributed by atoms with E-state index < -0.39 is 0 Å². The maximum absolute atomic E-state index is 3.03. The van der Waals surface area contributed by atoms with Gasteiger partial charge in [-0.05, 0) is 18.2 Å². The zero-order valence-electron chi connectivity index (χ0n) is 6.53. The van der Waals surface area contributed by atoms with Crippen molar-refractivity contribution in [1.82, 2.24) is 4.98 Å². The van der Waals surface area contributed by atoms with E-state index in [9.17, 15) is 0 Å². The van der Waals surface area contributed by atoms with Crippen LogP contribution in [0.25, 0.3) is 0 Å². The van der Waals surface area contributed by atoms with Crippen molar-refractivity contribution in [3.8, 4) is 0 Å². The van der Waals surface area contributed by atoms with E-state index in [4.69, 9.17) is 0 Å². The summed E-state index contributed by atoms with van der Waals surface area (Å²) in [6.07, 6.45) is 3.93. The van der Waals surface area contributed by atoms with E-state index in [1.165, 1.54) is 9.79 Å². The van der Waals surface area contributed by atoms with Crippen molar-refractivity contribution < 1.29 is 0 Å². The normalized spacial score (nSPS) is 10.0. The fraction of sp³-hybridized carbons (Fsp3) is 0. The average Bonchev–Trinajstić information content (AvgIpc) is 2.59. The van der Waals surface area contributed by atoms with Crippen molar-refractivity contribution >= 4 is 11.8 Å². The van der Waals surface area contributed by atoms with E-state index in [0.717, 1.165) is 0 Å². The molecule has 1 nitrogen and oxygen atoms in total. The zero-order valence-corrected chi connectivity index (χ0v) is 7.34. The molecule has 1 N–H and O–H groups in total. The van der Waals surface area contributed by atoms with E-state index in [-0.39, 0.29) is 0 Å². The van der Waals surface area contributed by atoms with Gasteiger partial charge in [0.05, 0.1) is 0 Å². The number of H-pyrrole nitrogens is 1. The number of aromatic nitrogens is 1. The minimum absolute atomic E-state index is 1.25. The monoisotopic (exact) mass is 175 g/mol. The van der Waals surface area contributed by atoms with E-state index in [1.54, 1.807) is 11.8 Å². The van der Waals surface area contributed by atoms with E-state index >= 15 is 0 Å². The van der Waals surface area contributed by atoms with Crippen molar-refractivity contribution in [3.63, 3.8) is 0 Å². The van der Waals surface area contributed by atoms with Crippen LogP contribution < -0.4 is 0 Å². The molecule has 0 aliphatic heterocycles. The van der Waals surface area contributed by atoms with Crippen LogP contribution in [0.2, 0.25) is 0 Å². The smallest absolute Gasteiger partial charge is 0.0296 e. The van der Waals surface area contributed by atoms with Crippen LogP contribution in [-0.4, -0.2) is 4.98 Å². The molecule has 1 aromatic carbocycles. The largest absolute Gasteiger partial charge is 0.367 e. The Hall–Kier alpha value is -1.15. The molecular formula is C10H9NS. The molecule has 0 radical (unpaired) electrons. The predicted molar refractivity (Wildman–Crippen MR) is 51.4 cm³/mol. The third-order valence-corrected chi connectivity index (χ3v) is 2.55. The summed E-state index contributed by atoms with van der Waals surface area (Å²) in [5.41, 5.74) is 0. The number of nitrogens with one attached hydrogen (secondary N) is 1. The van der Waals surface area contributed by atoms with Crippen LogP contribution in [0, 0.1) is 0 Å². The second kappa shape index (κ2) is 3.50. The first-order valence-corrected chi connectivity index (χ1v) is 4.62. The van der Waals surface area contributed by atoms with Gasteiger partial charge < -0.3 is 4.98 Å². The van der Waals surface area contributed by atoms with Crippen LogP contribution in [0.1, 0.15) is 0 Å². The Bertz CT molecular complexity index is 326. The third kappa shape index (κ3) is 1.71. The Morgan fingerprint density at radius 2 is 1.75 bits per heavy atom. The Morgan fingerprint density at radius 1 is 0.917 bits per heavy atom. The summed E-state index contributed by atoms with van der Waals surface area (Å²) < 4.78 is 0. The fourth-order valence-corrected chi connectivity index (χ4v) is 1.83. The summed E-state index contributed by atoms with van der Waals surface area (Å²) >= 11 is 1.76. The molecule has 0 aliphatic carbocycles. The van der Waals surface area contributed by atoms with Crippen molar-refractivity contribution in [1.29, 1.82) is 0 Å². The molecule has 0 bridgehead atoms. The van der Waals surface area contributed by atoms with Crippen molar-refractivity contribution in [2.24, 2.45) is 0 Å². The van der Waals surface area contributed by atoms with Gasteiger partial charge in [0.25, 0.3) is 0 Å². The van der Waals surface area contributed by atoms with Gasteiger partial charge in [-0.2, -0.15) is 0 Å². The topological polar surface area (TPSA) is 15.8 Å². The summed E-state index contributed by atoms with van der Waals surface area (Å²) in [6, 6.07) is 12.4. The summed E-state index contributed by atoms with van der Waals surface area (Å²) in [4.78, 5) is 5.56. The number of rotatable bonds is 2. The summed E-state index contributed by atoms with van der Waals surface area (Å²) in [6.45, 7) is 0. The molecule has 0 atom stereocenters. The maximum atomic E-state index is 3.03. The molecule has 0 saturated carbocycles. The van der Waals surface area contributed by atoms with Gasteiger partial charge in [-0.25, -0.2) is 0 Å². The fourth-order valence-electron chi connectivity index (χ4n) is 0.997. The van der Waals surface area contributed by atoms with Gasteiger partial charge in [-0.1, -0.05) is 30.0 Å². The van der Waals surface area contributed by atoms with Crippen LogP contribution >= 0.6 is 11.8 Å². The van der Waals surface area contributed by atoms with Crippen LogP contribution in [0.15, 0.2) is 58.6 Å². The first-order valence-electron chi connectivity index (χ1n) is 3.81. The molecule has 0 saturated heterocycles. The second-order valence-electron chi connectivity index (χ2n) is 2.46. The maximum Gasteiger partial charge on any atom is 0.0296 e. The van der Waals surface area contributed by atoms with E-state index in [0.29, 0.717) is 0 Å². The highest BCUT2D eigenvalue weighted by Crippen LogP contribution is 2.26. The molecule has 2 rings (SSSR count). The van der Waals surface area contributed by atoms with Gasteiger partial charge in [0.15, 0.2) is 0 Å². The minimum atomic E-state index is 1.25. The molecule has 12 heavy (non-hydrogen) atoms. The zero-order chi connectivity index (χ0) is 8.23. The Labute approximate surface area is 75.8 Å². The first kappa shape index (κ1) is 7.50. The number of aromatic amines is 1.